The van der Waals surface area contributed by atoms with Crippen molar-refractivity contribution in [3.05, 3.63) is 34.2 Å². The lowest BCUT2D eigenvalue weighted by Gasteiger charge is -2.24. The minimum absolute atomic E-state index is 0.0393. The van der Waals surface area contributed by atoms with Gasteiger partial charge in [0.25, 0.3) is 11.5 Å². The van der Waals surface area contributed by atoms with Gasteiger partial charge >= 0.3 is 5.97 Å². The lowest BCUT2D eigenvalue weighted by molar-refractivity contribution is -0.143. The molecular formula is C12H14N2O4S. The second kappa shape index (κ2) is 5.08. The highest BCUT2D eigenvalue weighted by atomic mass is 32.2. The molecule has 1 amide bonds. The minimum Gasteiger partial charge on any atom is -0.479 e. The van der Waals surface area contributed by atoms with E-state index in [-0.39, 0.29) is 5.56 Å². The molecule has 2 heterocycles. The molecule has 0 aliphatic carbocycles. The quantitative estimate of drug-likeness (QED) is 0.819. The first-order valence-electron chi connectivity index (χ1n) is 5.75. The number of thioether (sulfide) groups is 1. The normalized spacial score (nSPS) is 22.2. The van der Waals surface area contributed by atoms with Gasteiger partial charge in [0.05, 0.1) is 0 Å². The summed E-state index contributed by atoms with van der Waals surface area (Å²) in [5.74, 6) is -0.689. The molecule has 0 spiro atoms. The van der Waals surface area contributed by atoms with Crippen LogP contribution in [0.1, 0.15) is 16.8 Å². The largest absolute Gasteiger partial charge is 0.479 e. The lowest BCUT2D eigenvalue weighted by Crippen LogP contribution is -2.55. The summed E-state index contributed by atoms with van der Waals surface area (Å²) in [6.45, 7) is 0. The van der Waals surface area contributed by atoms with Crippen LogP contribution in [0.3, 0.4) is 0 Å². The smallest absolute Gasteiger partial charge is 0.330 e. The molecule has 6 nitrogen and oxygen atoms in total. The van der Waals surface area contributed by atoms with Gasteiger partial charge in [-0.3, -0.25) is 9.59 Å². The van der Waals surface area contributed by atoms with Gasteiger partial charge in [-0.25, -0.2) is 4.79 Å². The number of hydrogen-bond acceptors (Lipinski definition) is 4. The fraction of sp³-hybridized carbons (Fsp3) is 0.417. The first-order chi connectivity index (χ1) is 8.96. The maximum atomic E-state index is 12.1. The molecule has 2 rings (SSSR count). The molecule has 1 saturated heterocycles. The molecular weight excluding hydrogens is 268 g/mol. The van der Waals surface area contributed by atoms with E-state index in [1.807, 2.05) is 0 Å². The number of nitrogens with one attached hydrogen (secondary N) is 1. The number of aryl methyl sites for hydroxylation is 1. The van der Waals surface area contributed by atoms with Gasteiger partial charge in [-0.15, -0.1) is 0 Å². The van der Waals surface area contributed by atoms with E-state index in [1.165, 1.54) is 35.6 Å². The van der Waals surface area contributed by atoms with Crippen molar-refractivity contribution >= 4 is 23.6 Å². The zero-order valence-electron chi connectivity index (χ0n) is 10.4. The molecule has 1 unspecified atom stereocenters. The highest BCUT2D eigenvalue weighted by Gasteiger charge is 2.43. The summed E-state index contributed by atoms with van der Waals surface area (Å²) < 4.78 is 1.28. The van der Waals surface area contributed by atoms with Gasteiger partial charge in [0.2, 0.25) is 0 Å². The summed E-state index contributed by atoms with van der Waals surface area (Å²) in [6, 6.07) is 2.97. The fourth-order valence-electron chi connectivity index (χ4n) is 1.94. The number of carbonyl (C=O) groups is 2. The van der Waals surface area contributed by atoms with Gasteiger partial charge in [-0.2, -0.15) is 11.8 Å². The predicted molar refractivity (Wildman–Crippen MR) is 71.5 cm³/mol. The molecule has 7 heteroatoms. The average Bonchev–Trinajstić information content (AvgIpc) is 2.82. The molecule has 102 valence electrons. The van der Waals surface area contributed by atoms with Crippen molar-refractivity contribution in [1.82, 2.24) is 9.88 Å². The average molecular weight is 282 g/mol. The number of pyridine rings is 1. The van der Waals surface area contributed by atoms with Crippen molar-refractivity contribution in [2.75, 3.05) is 11.5 Å². The summed E-state index contributed by atoms with van der Waals surface area (Å²) >= 11 is 1.47. The Morgan fingerprint density at radius 2 is 2.26 bits per heavy atom. The number of aliphatic carboxylic acids is 1. The lowest BCUT2D eigenvalue weighted by atomic mass is 9.98. The summed E-state index contributed by atoms with van der Waals surface area (Å²) in [7, 11) is 1.54. The highest BCUT2D eigenvalue weighted by molar-refractivity contribution is 7.99. The number of carboxylic acids is 1. The number of carboxylic acid groups (broad SMARTS) is 1. The molecule has 0 saturated carbocycles. The van der Waals surface area contributed by atoms with E-state index in [2.05, 4.69) is 5.32 Å². The predicted octanol–water partition coefficient (Wildman–Crippen LogP) is 0.0754. The van der Waals surface area contributed by atoms with Crippen molar-refractivity contribution < 1.29 is 14.7 Å². The Morgan fingerprint density at radius 1 is 1.53 bits per heavy atom. The third kappa shape index (κ3) is 2.51. The van der Waals surface area contributed by atoms with Crippen LogP contribution in [0.5, 0.6) is 0 Å². The van der Waals surface area contributed by atoms with Gasteiger partial charge < -0.3 is 15.0 Å². The molecule has 19 heavy (non-hydrogen) atoms. The Kier molecular flexibility index (Phi) is 3.66. The molecule has 1 fully saturated rings. The van der Waals surface area contributed by atoms with Gasteiger partial charge in [-0.1, -0.05) is 0 Å². The van der Waals surface area contributed by atoms with Crippen LogP contribution in [0.15, 0.2) is 23.1 Å². The summed E-state index contributed by atoms with van der Waals surface area (Å²) in [6.07, 6.45) is 1.91. The molecule has 0 radical (unpaired) electrons. The SMILES string of the molecule is Cn1cccc(C(=O)NC2(C(=O)O)CCSC2)c1=O. The Balaban J connectivity index is 2.28. The van der Waals surface area contributed by atoms with E-state index in [4.69, 9.17) is 0 Å². The molecule has 2 N–H and O–H groups in total. The van der Waals surface area contributed by atoms with Crippen molar-refractivity contribution in [3.8, 4) is 0 Å². The molecule has 1 aliphatic rings. The van der Waals surface area contributed by atoms with E-state index in [1.54, 1.807) is 6.07 Å². The maximum Gasteiger partial charge on any atom is 0.330 e. The molecule has 1 aromatic heterocycles. The van der Waals surface area contributed by atoms with Crippen LogP contribution < -0.4 is 10.9 Å². The Labute approximate surface area is 113 Å². The maximum absolute atomic E-state index is 12.1. The molecule has 1 atom stereocenters. The van der Waals surface area contributed by atoms with Gasteiger partial charge in [0.1, 0.15) is 11.1 Å². The number of amides is 1. The highest BCUT2D eigenvalue weighted by Crippen LogP contribution is 2.28. The molecule has 0 aromatic carbocycles. The number of rotatable bonds is 3. The Morgan fingerprint density at radius 3 is 2.84 bits per heavy atom. The van der Waals surface area contributed by atoms with Crippen LogP contribution in [0.2, 0.25) is 0 Å². The third-order valence-corrected chi connectivity index (χ3v) is 4.34. The zero-order chi connectivity index (χ0) is 14.0. The summed E-state index contributed by atoms with van der Waals surface area (Å²) in [5.41, 5.74) is -1.74. The van der Waals surface area contributed by atoms with Crippen LogP contribution in [-0.4, -0.2) is 38.6 Å². The van der Waals surface area contributed by atoms with Crippen LogP contribution in [-0.2, 0) is 11.8 Å². The number of nitrogens with zero attached hydrogens (tertiary/aromatic N) is 1. The van der Waals surface area contributed by atoms with Crippen molar-refractivity contribution in [1.29, 1.82) is 0 Å². The third-order valence-electron chi connectivity index (χ3n) is 3.15. The minimum atomic E-state index is -1.26. The zero-order valence-corrected chi connectivity index (χ0v) is 11.2. The van der Waals surface area contributed by atoms with Crippen molar-refractivity contribution in [3.63, 3.8) is 0 Å². The Bertz CT molecular complexity index is 575. The van der Waals surface area contributed by atoms with Crippen molar-refractivity contribution in [2.24, 2.45) is 7.05 Å². The first-order valence-corrected chi connectivity index (χ1v) is 6.91. The Hall–Kier alpha value is -1.76. The number of hydrogen-bond donors (Lipinski definition) is 2. The van der Waals surface area contributed by atoms with Crippen LogP contribution in [0.25, 0.3) is 0 Å². The van der Waals surface area contributed by atoms with Crippen LogP contribution in [0, 0.1) is 0 Å². The van der Waals surface area contributed by atoms with E-state index < -0.39 is 23.0 Å². The van der Waals surface area contributed by atoms with E-state index >= 15 is 0 Å². The molecule has 0 bridgehead atoms. The second-order valence-electron chi connectivity index (χ2n) is 4.48. The number of aromatic nitrogens is 1. The first kappa shape index (κ1) is 13.7. The summed E-state index contributed by atoms with van der Waals surface area (Å²) in [4.78, 5) is 35.2. The monoisotopic (exact) mass is 282 g/mol. The topological polar surface area (TPSA) is 88.4 Å². The summed E-state index contributed by atoms with van der Waals surface area (Å²) in [5, 5.41) is 11.8. The van der Waals surface area contributed by atoms with Crippen LogP contribution in [0.4, 0.5) is 0 Å². The number of carbonyl (C=O) groups excluding carboxylic acids is 1. The van der Waals surface area contributed by atoms with Gasteiger partial charge in [0, 0.05) is 19.0 Å². The molecule has 1 aliphatic heterocycles. The van der Waals surface area contributed by atoms with E-state index in [9.17, 15) is 19.5 Å². The van der Waals surface area contributed by atoms with E-state index in [0.29, 0.717) is 17.9 Å². The standard InChI is InChI=1S/C12H14N2O4S/c1-14-5-2-3-8(10(14)16)9(15)13-12(11(17)18)4-6-19-7-12/h2-3,5H,4,6-7H2,1H3,(H,13,15)(H,17,18). The van der Waals surface area contributed by atoms with Crippen LogP contribution >= 0.6 is 11.8 Å². The van der Waals surface area contributed by atoms with Crippen molar-refractivity contribution in [2.45, 2.75) is 12.0 Å². The van der Waals surface area contributed by atoms with Gasteiger partial charge in [0.15, 0.2) is 0 Å². The van der Waals surface area contributed by atoms with E-state index in [0.717, 1.165) is 0 Å². The fourth-order valence-corrected chi connectivity index (χ4v) is 3.27. The van der Waals surface area contributed by atoms with Gasteiger partial charge in [-0.05, 0) is 24.3 Å². The second-order valence-corrected chi connectivity index (χ2v) is 5.59. The molecule has 1 aromatic rings.